The predicted molar refractivity (Wildman–Crippen MR) is 70.3 cm³/mol. The van der Waals surface area contributed by atoms with Crippen molar-refractivity contribution < 1.29 is 0 Å². The molecule has 0 amide bonds. The number of nitrogens with two attached hydrogens (primary N) is 1. The summed E-state index contributed by atoms with van der Waals surface area (Å²) in [5, 5.41) is 0. The van der Waals surface area contributed by atoms with Crippen molar-refractivity contribution in [3.63, 3.8) is 0 Å². The highest BCUT2D eigenvalue weighted by Gasteiger charge is 2.42. The van der Waals surface area contributed by atoms with E-state index in [1.807, 2.05) is 25.1 Å². The van der Waals surface area contributed by atoms with Crippen molar-refractivity contribution in [1.82, 2.24) is 9.97 Å². The second-order valence-electron chi connectivity index (χ2n) is 5.35. The first kappa shape index (κ1) is 12.1. The molecule has 1 aliphatic rings. The molecule has 1 aromatic rings. The smallest absolute Gasteiger partial charge is 0.226 e. The van der Waals surface area contributed by atoms with Crippen LogP contribution in [0.2, 0.25) is 0 Å². The number of anilines is 2. The third-order valence-corrected chi connectivity index (χ3v) is 3.47. The van der Waals surface area contributed by atoms with E-state index in [0.29, 0.717) is 5.92 Å². The highest BCUT2D eigenvalue weighted by Crippen LogP contribution is 2.30. The molecule has 2 heterocycles. The molecule has 0 saturated carbocycles. The van der Waals surface area contributed by atoms with Gasteiger partial charge in [-0.1, -0.05) is 13.8 Å². The van der Waals surface area contributed by atoms with E-state index in [9.17, 15) is 0 Å². The van der Waals surface area contributed by atoms with E-state index in [1.54, 1.807) is 6.20 Å². The standard InChI is InChI=1S/C12H21N5/c1-9(2)12(13)7-17(8-12)10-5-6-14-11(15-10)16(3)4/h5-6,9H,7-8,13H2,1-4H3. The second-order valence-corrected chi connectivity index (χ2v) is 5.35. The highest BCUT2D eigenvalue weighted by molar-refractivity contribution is 5.47. The number of hydrogen-bond acceptors (Lipinski definition) is 5. The molecular weight excluding hydrogens is 214 g/mol. The molecule has 0 aromatic carbocycles. The molecule has 94 valence electrons. The van der Waals surface area contributed by atoms with Gasteiger partial charge in [-0.2, -0.15) is 4.98 Å². The van der Waals surface area contributed by atoms with Crippen LogP contribution in [0.25, 0.3) is 0 Å². The summed E-state index contributed by atoms with van der Waals surface area (Å²) in [6, 6.07) is 1.94. The van der Waals surface area contributed by atoms with Crippen LogP contribution in [-0.4, -0.2) is 42.7 Å². The monoisotopic (exact) mass is 235 g/mol. The SMILES string of the molecule is CC(C)C1(N)CN(c2ccnc(N(C)C)n2)C1. The van der Waals surface area contributed by atoms with Gasteiger partial charge in [0.15, 0.2) is 0 Å². The summed E-state index contributed by atoms with van der Waals surface area (Å²) in [5.41, 5.74) is 6.21. The summed E-state index contributed by atoms with van der Waals surface area (Å²) in [7, 11) is 3.88. The lowest BCUT2D eigenvalue weighted by molar-refractivity contribution is 0.243. The largest absolute Gasteiger partial charge is 0.353 e. The summed E-state index contributed by atoms with van der Waals surface area (Å²) in [6.45, 7) is 6.08. The summed E-state index contributed by atoms with van der Waals surface area (Å²) >= 11 is 0. The lowest BCUT2D eigenvalue weighted by Crippen LogP contribution is -2.70. The van der Waals surface area contributed by atoms with Crippen LogP contribution < -0.4 is 15.5 Å². The molecule has 1 fully saturated rings. The van der Waals surface area contributed by atoms with Crippen molar-refractivity contribution in [3.05, 3.63) is 12.3 Å². The maximum atomic E-state index is 6.28. The van der Waals surface area contributed by atoms with E-state index in [-0.39, 0.29) is 5.54 Å². The Kier molecular flexibility index (Phi) is 2.95. The fourth-order valence-electron chi connectivity index (χ4n) is 1.92. The second kappa shape index (κ2) is 4.14. The zero-order chi connectivity index (χ0) is 12.6. The van der Waals surface area contributed by atoms with Gasteiger partial charge in [0.05, 0.1) is 5.54 Å². The molecule has 0 spiro atoms. The Morgan fingerprint density at radius 1 is 1.41 bits per heavy atom. The van der Waals surface area contributed by atoms with Gasteiger partial charge >= 0.3 is 0 Å². The third-order valence-electron chi connectivity index (χ3n) is 3.47. The van der Waals surface area contributed by atoms with Gasteiger partial charge in [-0.05, 0) is 12.0 Å². The molecule has 0 atom stereocenters. The van der Waals surface area contributed by atoms with Crippen LogP contribution in [-0.2, 0) is 0 Å². The van der Waals surface area contributed by atoms with Crippen molar-refractivity contribution in [3.8, 4) is 0 Å². The lowest BCUT2D eigenvalue weighted by atomic mass is 9.80. The quantitative estimate of drug-likeness (QED) is 0.836. The zero-order valence-electron chi connectivity index (χ0n) is 11.0. The normalized spacial score (nSPS) is 18.1. The summed E-state index contributed by atoms with van der Waals surface area (Å²) in [4.78, 5) is 12.8. The molecule has 0 bridgehead atoms. The Hall–Kier alpha value is -1.36. The Labute approximate surface area is 103 Å². The number of rotatable bonds is 3. The van der Waals surface area contributed by atoms with Gasteiger partial charge in [0, 0.05) is 33.4 Å². The van der Waals surface area contributed by atoms with Crippen molar-refractivity contribution >= 4 is 11.8 Å². The van der Waals surface area contributed by atoms with Gasteiger partial charge in [-0.15, -0.1) is 0 Å². The first-order valence-corrected chi connectivity index (χ1v) is 5.96. The van der Waals surface area contributed by atoms with Crippen molar-refractivity contribution in [2.45, 2.75) is 19.4 Å². The summed E-state index contributed by atoms with van der Waals surface area (Å²) < 4.78 is 0. The Balaban J connectivity index is 2.09. The molecule has 1 aliphatic heterocycles. The predicted octanol–water partition coefficient (Wildman–Crippen LogP) is 0.716. The summed E-state index contributed by atoms with van der Waals surface area (Å²) in [6.07, 6.45) is 1.80. The van der Waals surface area contributed by atoms with Crippen LogP contribution >= 0.6 is 0 Å². The molecule has 0 radical (unpaired) electrons. The zero-order valence-corrected chi connectivity index (χ0v) is 11.0. The van der Waals surface area contributed by atoms with Crippen LogP contribution in [0, 0.1) is 5.92 Å². The molecule has 5 heteroatoms. The van der Waals surface area contributed by atoms with Gasteiger partial charge < -0.3 is 15.5 Å². The van der Waals surface area contributed by atoms with E-state index < -0.39 is 0 Å². The lowest BCUT2D eigenvalue weighted by Gasteiger charge is -2.51. The molecule has 1 saturated heterocycles. The highest BCUT2D eigenvalue weighted by atomic mass is 15.3. The van der Waals surface area contributed by atoms with Crippen molar-refractivity contribution in [2.24, 2.45) is 11.7 Å². The van der Waals surface area contributed by atoms with E-state index in [1.165, 1.54) is 0 Å². The first-order valence-electron chi connectivity index (χ1n) is 5.96. The van der Waals surface area contributed by atoms with Gasteiger partial charge in [-0.25, -0.2) is 4.98 Å². The Morgan fingerprint density at radius 2 is 2.06 bits per heavy atom. The first-order chi connectivity index (χ1) is 7.92. The minimum Gasteiger partial charge on any atom is -0.353 e. The maximum Gasteiger partial charge on any atom is 0.226 e. The van der Waals surface area contributed by atoms with Gasteiger partial charge in [-0.3, -0.25) is 0 Å². The molecule has 0 unspecified atom stereocenters. The fourth-order valence-corrected chi connectivity index (χ4v) is 1.92. The molecular formula is C12H21N5. The Morgan fingerprint density at radius 3 is 2.59 bits per heavy atom. The Bertz CT molecular complexity index is 396. The average molecular weight is 235 g/mol. The van der Waals surface area contributed by atoms with E-state index >= 15 is 0 Å². The van der Waals surface area contributed by atoms with Crippen LogP contribution in [0.5, 0.6) is 0 Å². The van der Waals surface area contributed by atoms with Crippen molar-refractivity contribution in [2.75, 3.05) is 37.0 Å². The maximum absolute atomic E-state index is 6.28. The third kappa shape index (κ3) is 2.20. The van der Waals surface area contributed by atoms with E-state index in [4.69, 9.17) is 5.73 Å². The number of aromatic nitrogens is 2. The molecule has 1 aromatic heterocycles. The van der Waals surface area contributed by atoms with Gasteiger partial charge in [0.25, 0.3) is 0 Å². The topological polar surface area (TPSA) is 58.3 Å². The van der Waals surface area contributed by atoms with E-state index in [2.05, 4.69) is 28.7 Å². The average Bonchev–Trinajstić information content (AvgIpc) is 2.24. The molecule has 5 nitrogen and oxygen atoms in total. The minimum atomic E-state index is -0.0662. The molecule has 17 heavy (non-hydrogen) atoms. The number of nitrogens with zero attached hydrogens (tertiary/aromatic N) is 4. The molecule has 0 aliphatic carbocycles. The van der Waals surface area contributed by atoms with Gasteiger partial charge in [0.1, 0.15) is 5.82 Å². The van der Waals surface area contributed by atoms with Crippen LogP contribution in [0.4, 0.5) is 11.8 Å². The summed E-state index contributed by atoms with van der Waals surface area (Å²) in [5.74, 6) is 2.20. The number of hydrogen-bond donors (Lipinski definition) is 1. The van der Waals surface area contributed by atoms with E-state index in [0.717, 1.165) is 24.9 Å². The van der Waals surface area contributed by atoms with Crippen LogP contribution in [0.1, 0.15) is 13.8 Å². The molecule has 2 rings (SSSR count). The van der Waals surface area contributed by atoms with Crippen LogP contribution in [0.15, 0.2) is 12.3 Å². The van der Waals surface area contributed by atoms with Crippen molar-refractivity contribution in [1.29, 1.82) is 0 Å². The minimum absolute atomic E-state index is 0.0662. The molecule has 2 N–H and O–H groups in total. The fraction of sp³-hybridized carbons (Fsp3) is 0.667. The van der Waals surface area contributed by atoms with Crippen LogP contribution in [0.3, 0.4) is 0 Å². The van der Waals surface area contributed by atoms with Gasteiger partial charge in [0.2, 0.25) is 5.95 Å².